The lowest BCUT2D eigenvalue weighted by Crippen LogP contribution is -2.35. The van der Waals surface area contributed by atoms with Gasteiger partial charge in [-0.1, -0.05) is 18.2 Å². The number of anilines is 2. The van der Waals surface area contributed by atoms with Gasteiger partial charge in [-0.15, -0.1) is 0 Å². The van der Waals surface area contributed by atoms with Gasteiger partial charge in [-0.05, 0) is 60.9 Å². The van der Waals surface area contributed by atoms with Crippen molar-refractivity contribution in [2.45, 2.75) is 17.7 Å². The van der Waals surface area contributed by atoms with E-state index < -0.39 is 10.0 Å². The van der Waals surface area contributed by atoms with Crippen LogP contribution < -0.4 is 9.62 Å². The first-order chi connectivity index (χ1) is 13.5. The third-order valence-corrected chi connectivity index (χ3v) is 6.03. The summed E-state index contributed by atoms with van der Waals surface area (Å²) < 4.78 is 27.6. The van der Waals surface area contributed by atoms with E-state index in [-0.39, 0.29) is 10.8 Å². The Morgan fingerprint density at radius 1 is 1.04 bits per heavy atom. The first-order valence-corrected chi connectivity index (χ1v) is 10.5. The number of aryl methyl sites for hydroxylation is 1. The smallest absolute Gasteiger partial charge is 0.263 e. The maximum Gasteiger partial charge on any atom is 0.263 e. The zero-order valence-corrected chi connectivity index (χ0v) is 15.9. The molecular formula is C21H19N3O3S. The van der Waals surface area contributed by atoms with Crippen molar-refractivity contribution in [2.75, 3.05) is 16.2 Å². The van der Waals surface area contributed by atoms with Crippen LogP contribution in [0.5, 0.6) is 0 Å². The van der Waals surface area contributed by atoms with Crippen LogP contribution in [0.2, 0.25) is 0 Å². The van der Waals surface area contributed by atoms with Gasteiger partial charge in [0.25, 0.3) is 15.9 Å². The molecule has 142 valence electrons. The van der Waals surface area contributed by atoms with Crippen LogP contribution in [-0.2, 0) is 16.4 Å². The molecule has 0 aliphatic carbocycles. The molecule has 1 N–H and O–H groups in total. The van der Waals surface area contributed by atoms with Gasteiger partial charge in [-0.25, -0.2) is 8.42 Å². The van der Waals surface area contributed by atoms with Gasteiger partial charge in [0.05, 0.1) is 0 Å². The quantitative estimate of drug-likeness (QED) is 0.736. The minimum Gasteiger partial charge on any atom is -0.308 e. The molecule has 1 aliphatic rings. The monoisotopic (exact) mass is 393 g/mol. The molecule has 0 unspecified atom stereocenters. The molecule has 4 rings (SSSR count). The number of nitrogens with one attached hydrogen (secondary N) is 1. The number of pyridine rings is 1. The molecule has 6 nitrogen and oxygen atoms in total. The predicted octanol–water partition coefficient (Wildman–Crippen LogP) is 3.48. The third kappa shape index (κ3) is 3.61. The van der Waals surface area contributed by atoms with Crippen molar-refractivity contribution in [1.29, 1.82) is 0 Å². The SMILES string of the molecule is O=C(c1ccccc1)N1CCCc2cc(NS(=O)(=O)c3cccnc3)ccc21. The molecule has 28 heavy (non-hydrogen) atoms. The summed E-state index contributed by atoms with van der Waals surface area (Å²) in [5.41, 5.74) is 2.87. The van der Waals surface area contributed by atoms with Crippen molar-refractivity contribution < 1.29 is 13.2 Å². The fraction of sp³-hybridized carbons (Fsp3) is 0.143. The number of aromatic nitrogens is 1. The van der Waals surface area contributed by atoms with Crippen LogP contribution in [0.1, 0.15) is 22.3 Å². The molecule has 0 spiro atoms. The van der Waals surface area contributed by atoms with E-state index in [9.17, 15) is 13.2 Å². The topological polar surface area (TPSA) is 79.4 Å². The lowest BCUT2D eigenvalue weighted by Gasteiger charge is -2.30. The normalized spacial score (nSPS) is 13.6. The molecule has 0 atom stereocenters. The molecule has 0 bridgehead atoms. The van der Waals surface area contributed by atoms with E-state index in [0.29, 0.717) is 17.8 Å². The van der Waals surface area contributed by atoms with Gasteiger partial charge in [0, 0.05) is 35.9 Å². The molecule has 2 aromatic carbocycles. The second-order valence-corrected chi connectivity index (χ2v) is 8.25. The Morgan fingerprint density at radius 3 is 2.61 bits per heavy atom. The number of fused-ring (bicyclic) bond motifs is 1. The largest absolute Gasteiger partial charge is 0.308 e. The van der Waals surface area contributed by atoms with Crippen molar-refractivity contribution in [3.63, 3.8) is 0 Å². The number of hydrogen-bond donors (Lipinski definition) is 1. The van der Waals surface area contributed by atoms with Crippen molar-refractivity contribution in [2.24, 2.45) is 0 Å². The van der Waals surface area contributed by atoms with Gasteiger partial charge < -0.3 is 4.90 Å². The van der Waals surface area contributed by atoms with Gasteiger partial charge in [0.15, 0.2) is 0 Å². The van der Waals surface area contributed by atoms with E-state index in [4.69, 9.17) is 0 Å². The van der Waals surface area contributed by atoms with E-state index in [0.717, 1.165) is 24.1 Å². The number of hydrogen-bond acceptors (Lipinski definition) is 4. The van der Waals surface area contributed by atoms with E-state index in [1.54, 1.807) is 41.3 Å². The van der Waals surface area contributed by atoms with Crippen LogP contribution in [0, 0.1) is 0 Å². The Morgan fingerprint density at radius 2 is 1.86 bits per heavy atom. The Balaban J connectivity index is 1.61. The Kier molecular flexibility index (Phi) is 4.83. The number of sulfonamides is 1. The molecule has 2 heterocycles. The molecule has 0 saturated heterocycles. The van der Waals surface area contributed by atoms with Crippen LogP contribution in [0.25, 0.3) is 0 Å². The van der Waals surface area contributed by atoms with Crippen molar-refractivity contribution >= 4 is 27.3 Å². The van der Waals surface area contributed by atoms with Gasteiger partial charge in [0.2, 0.25) is 0 Å². The average molecular weight is 393 g/mol. The van der Waals surface area contributed by atoms with Gasteiger partial charge in [-0.2, -0.15) is 0 Å². The maximum atomic E-state index is 12.9. The van der Waals surface area contributed by atoms with E-state index in [1.165, 1.54) is 18.5 Å². The summed E-state index contributed by atoms with van der Waals surface area (Å²) in [5.74, 6) is -0.0507. The van der Waals surface area contributed by atoms with Gasteiger partial charge >= 0.3 is 0 Å². The molecule has 3 aromatic rings. The Hall–Kier alpha value is -3.19. The van der Waals surface area contributed by atoms with E-state index in [1.807, 2.05) is 18.2 Å². The van der Waals surface area contributed by atoms with Gasteiger partial charge in [-0.3, -0.25) is 14.5 Å². The molecular weight excluding hydrogens is 374 g/mol. The summed E-state index contributed by atoms with van der Waals surface area (Å²) in [6.07, 6.45) is 4.44. The highest BCUT2D eigenvalue weighted by atomic mass is 32.2. The molecule has 1 aromatic heterocycles. The van der Waals surface area contributed by atoms with E-state index >= 15 is 0 Å². The fourth-order valence-corrected chi connectivity index (χ4v) is 4.34. The first-order valence-electron chi connectivity index (χ1n) is 8.97. The summed E-state index contributed by atoms with van der Waals surface area (Å²) in [4.78, 5) is 18.6. The summed E-state index contributed by atoms with van der Waals surface area (Å²) >= 11 is 0. The number of rotatable bonds is 4. The molecule has 0 radical (unpaired) electrons. The Bertz CT molecular complexity index is 1100. The highest BCUT2D eigenvalue weighted by molar-refractivity contribution is 7.92. The zero-order chi connectivity index (χ0) is 19.6. The van der Waals surface area contributed by atoms with Crippen molar-refractivity contribution in [3.05, 3.63) is 84.2 Å². The second-order valence-electron chi connectivity index (χ2n) is 6.56. The summed E-state index contributed by atoms with van der Waals surface area (Å²) in [6.45, 7) is 0.640. The number of benzene rings is 2. The number of carbonyl (C=O) groups excluding carboxylic acids is 1. The number of nitrogens with zero attached hydrogens (tertiary/aromatic N) is 2. The lowest BCUT2D eigenvalue weighted by atomic mass is 10.00. The van der Waals surface area contributed by atoms with Crippen LogP contribution >= 0.6 is 0 Å². The lowest BCUT2D eigenvalue weighted by molar-refractivity contribution is 0.0985. The highest BCUT2D eigenvalue weighted by Gasteiger charge is 2.24. The maximum absolute atomic E-state index is 12.9. The standard InChI is InChI=1S/C21H19N3O3S/c25-21(16-6-2-1-3-7-16)24-13-5-8-17-14-18(10-11-20(17)24)23-28(26,27)19-9-4-12-22-15-19/h1-4,6-7,9-12,14-15,23H,5,8,13H2. The highest BCUT2D eigenvalue weighted by Crippen LogP contribution is 2.31. The zero-order valence-electron chi connectivity index (χ0n) is 15.1. The number of carbonyl (C=O) groups is 1. The molecule has 7 heteroatoms. The first kappa shape index (κ1) is 18.2. The average Bonchev–Trinajstić information content (AvgIpc) is 2.73. The van der Waals surface area contributed by atoms with Crippen molar-refractivity contribution in [3.8, 4) is 0 Å². The summed E-state index contributed by atoms with van der Waals surface area (Å²) in [6, 6.07) is 17.5. The predicted molar refractivity (Wildman–Crippen MR) is 108 cm³/mol. The van der Waals surface area contributed by atoms with Crippen LogP contribution in [0.3, 0.4) is 0 Å². The van der Waals surface area contributed by atoms with Crippen LogP contribution in [0.4, 0.5) is 11.4 Å². The minimum absolute atomic E-state index is 0.0507. The summed E-state index contributed by atoms with van der Waals surface area (Å²) in [5, 5.41) is 0. The molecule has 1 aliphatic heterocycles. The second kappa shape index (κ2) is 7.44. The third-order valence-electron chi connectivity index (χ3n) is 4.66. The molecule has 1 amide bonds. The van der Waals surface area contributed by atoms with Crippen molar-refractivity contribution in [1.82, 2.24) is 4.98 Å². The number of amides is 1. The Labute approximate surface area is 163 Å². The molecule has 0 fully saturated rings. The summed E-state index contributed by atoms with van der Waals surface area (Å²) in [7, 11) is -3.71. The fourth-order valence-electron chi connectivity index (χ4n) is 3.33. The minimum atomic E-state index is -3.71. The van der Waals surface area contributed by atoms with Gasteiger partial charge in [0.1, 0.15) is 4.90 Å². The van der Waals surface area contributed by atoms with E-state index in [2.05, 4.69) is 9.71 Å². The van der Waals surface area contributed by atoms with Crippen LogP contribution in [0.15, 0.2) is 78.0 Å². The van der Waals surface area contributed by atoms with Crippen LogP contribution in [-0.4, -0.2) is 25.9 Å². The molecule has 0 saturated carbocycles.